The normalized spacial score (nSPS) is 19.2. The number of fused-ring (bicyclic) bond motifs is 1. The van der Waals surface area contributed by atoms with Gasteiger partial charge in [-0.3, -0.25) is 9.59 Å². The Morgan fingerprint density at radius 2 is 1.47 bits per heavy atom. The summed E-state index contributed by atoms with van der Waals surface area (Å²) >= 11 is 0. The van der Waals surface area contributed by atoms with Gasteiger partial charge in [0.25, 0.3) is 0 Å². The van der Waals surface area contributed by atoms with Crippen molar-refractivity contribution < 1.29 is 14.7 Å². The Bertz CT molecular complexity index is 1100. The molecule has 0 amide bonds. The molecule has 2 aliphatic rings. The van der Waals surface area contributed by atoms with Crippen LogP contribution in [0.2, 0.25) is 0 Å². The second kappa shape index (κ2) is 9.30. The Morgan fingerprint density at radius 1 is 0.906 bits per heavy atom. The summed E-state index contributed by atoms with van der Waals surface area (Å²) in [6.45, 7) is 11.1. The van der Waals surface area contributed by atoms with Crippen LogP contribution in [0.1, 0.15) is 98.0 Å². The van der Waals surface area contributed by atoms with Crippen molar-refractivity contribution in [2.75, 3.05) is 0 Å². The molecule has 164 valence electrons. The molecule has 0 spiro atoms. The molecule has 0 aliphatic heterocycles. The number of ketones is 2. The summed E-state index contributed by atoms with van der Waals surface area (Å²) in [5.41, 5.74) is 6.22. The molecule has 0 radical (unpaired) electrons. The second-order valence-electron chi connectivity index (χ2n) is 10.5. The number of aliphatic hydroxyl groups excluding tert-OH is 1. The Hall–Kier alpha value is -1.04. The fourth-order valence-corrected chi connectivity index (χ4v) is 5.07. The third-order valence-electron chi connectivity index (χ3n) is 7.26. The van der Waals surface area contributed by atoms with Gasteiger partial charge in [0.2, 0.25) is 0 Å². The number of rotatable bonds is 3. The van der Waals surface area contributed by atoms with E-state index in [-0.39, 0.29) is 79.5 Å². The number of allylic oxidation sites excluding steroid dienone is 2. The zero-order valence-corrected chi connectivity index (χ0v) is 19.3. The van der Waals surface area contributed by atoms with Crippen LogP contribution in [0.5, 0.6) is 0 Å². The predicted molar refractivity (Wildman–Crippen MR) is 132 cm³/mol. The summed E-state index contributed by atoms with van der Waals surface area (Å²) in [6.07, 6.45) is 3.92. The molecule has 1 N–H and O–H groups in total. The summed E-state index contributed by atoms with van der Waals surface area (Å²) in [5.74, 6) is 0.128. The van der Waals surface area contributed by atoms with Gasteiger partial charge in [0.15, 0.2) is 11.6 Å². The van der Waals surface area contributed by atoms with Crippen LogP contribution in [0.4, 0.5) is 0 Å². The van der Waals surface area contributed by atoms with E-state index in [1.807, 2.05) is 6.92 Å². The van der Waals surface area contributed by atoms with Gasteiger partial charge in [-0.25, -0.2) is 0 Å². The van der Waals surface area contributed by atoms with Crippen LogP contribution in [0.3, 0.4) is 0 Å². The zero-order chi connectivity index (χ0) is 22.6. The first-order valence-electron chi connectivity index (χ1n) is 11.3. The topological polar surface area (TPSA) is 54.4 Å². The van der Waals surface area contributed by atoms with Gasteiger partial charge in [-0.05, 0) is 65.3 Å². The Kier molecular flexibility index (Phi) is 7.44. The van der Waals surface area contributed by atoms with Crippen molar-refractivity contribution in [2.24, 2.45) is 0 Å². The monoisotopic (exact) mass is 456 g/mol. The van der Waals surface area contributed by atoms with Crippen LogP contribution in [0, 0.1) is 6.92 Å². The summed E-state index contributed by atoms with van der Waals surface area (Å²) in [7, 11) is 0. The van der Waals surface area contributed by atoms with Gasteiger partial charge in [0.05, 0.1) is 5.57 Å². The van der Waals surface area contributed by atoms with Crippen LogP contribution < -0.4 is 0 Å². The van der Waals surface area contributed by atoms with Crippen LogP contribution in [0.25, 0.3) is 5.57 Å². The molecule has 0 aromatic heterocycles. The van der Waals surface area contributed by atoms with Gasteiger partial charge in [-0.2, -0.15) is 0 Å². The van der Waals surface area contributed by atoms with Crippen molar-refractivity contribution in [1.82, 2.24) is 0 Å². The fourth-order valence-electron chi connectivity index (χ4n) is 5.07. The number of Topliss-reactive ketones (excluding diaryl/α,β-unsaturated/α-hetero) is 1. The summed E-state index contributed by atoms with van der Waals surface area (Å²) < 4.78 is 0. The van der Waals surface area contributed by atoms with Crippen molar-refractivity contribution in [3.05, 3.63) is 75.5 Å². The SMILES string of the molecule is Cc1cc2c(cc1C(=O)c1ccc(C3=C(O)CCCC3=O)cc1)C(C)(C)CCC2(C)C.[KH]. The minimum atomic E-state index is -0.0294. The van der Waals surface area contributed by atoms with Crippen LogP contribution >= 0.6 is 0 Å². The molecule has 0 saturated carbocycles. The predicted octanol–water partition coefficient (Wildman–Crippen LogP) is 5.95. The maximum absolute atomic E-state index is 13.4. The number of aliphatic hydroxyl groups is 1. The molecule has 0 atom stereocenters. The van der Waals surface area contributed by atoms with E-state index >= 15 is 0 Å². The summed E-state index contributed by atoms with van der Waals surface area (Å²) in [5, 5.41) is 10.2. The molecule has 2 aliphatic carbocycles. The summed E-state index contributed by atoms with van der Waals surface area (Å²) in [6, 6.07) is 11.4. The molecule has 3 nitrogen and oxygen atoms in total. The van der Waals surface area contributed by atoms with E-state index in [0.717, 1.165) is 24.0 Å². The minimum absolute atomic E-state index is 0. The standard InChI is InChI=1S/C28H32O3.K.H/c1-17-15-21-22(28(4,5)14-13-27(21,2)3)16-20(17)26(31)19-11-9-18(10-12-19)25-23(29)7-6-8-24(25)30;;/h9-12,15-16,29H,6-8,13-14H2,1-5H3;;. The van der Waals surface area contributed by atoms with Crippen LogP contribution in [-0.2, 0) is 15.6 Å². The number of carbonyl (C=O) groups is 2. The molecule has 0 saturated heterocycles. The van der Waals surface area contributed by atoms with E-state index < -0.39 is 0 Å². The molecule has 0 bridgehead atoms. The molecule has 2 aromatic rings. The first kappa shape index (κ1) is 25.6. The molecule has 0 fully saturated rings. The van der Waals surface area contributed by atoms with Crippen molar-refractivity contribution in [1.29, 1.82) is 0 Å². The number of hydrogen-bond acceptors (Lipinski definition) is 3. The number of carbonyl (C=O) groups excluding carboxylic acids is 2. The van der Waals surface area contributed by atoms with Crippen LogP contribution in [-0.4, -0.2) is 68.1 Å². The van der Waals surface area contributed by atoms with E-state index in [1.54, 1.807) is 24.3 Å². The van der Waals surface area contributed by atoms with Gasteiger partial charge < -0.3 is 5.11 Å². The van der Waals surface area contributed by atoms with E-state index in [9.17, 15) is 14.7 Å². The Labute approximate surface area is 234 Å². The van der Waals surface area contributed by atoms with Crippen molar-refractivity contribution in [2.45, 2.75) is 77.6 Å². The third kappa shape index (κ3) is 4.62. The quantitative estimate of drug-likeness (QED) is 0.459. The Balaban J connectivity index is 0.00000289. The molecular formula is C28H33KO3. The first-order valence-corrected chi connectivity index (χ1v) is 11.3. The van der Waals surface area contributed by atoms with Crippen LogP contribution in [0.15, 0.2) is 42.2 Å². The molecule has 4 rings (SSSR count). The number of hydrogen-bond donors (Lipinski definition) is 1. The number of benzene rings is 2. The van der Waals surface area contributed by atoms with Gasteiger partial charge in [0, 0.05) is 24.0 Å². The van der Waals surface area contributed by atoms with E-state index in [0.29, 0.717) is 36.0 Å². The molecule has 32 heavy (non-hydrogen) atoms. The number of aryl methyl sites for hydroxylation is 1. The fraction of sp³-hybridized carbons (Fsp3) is 0.429. The first-order chi connectivity index (χ1) is 14.5. The molecule has 4 heteroatoms. The molecule has 0 unspecified atom stereocenters. The van der Waals surface area contributed by atoms with Crippen molar-refractivity contribution >= 4 is 68.5 Å². The zero-order valence-electron chi connectivity index (χ0n) is 19.3. The van der Waals surface area contributed by atoms with Crippen molar-refractivity contribution in [3.8, 4) is 0 Å². The average molecular weight is 457 g/mol. The third-order valence-corrected chi connectivity index (χ3v) is 7.26. The van der Waals surface area contributed by atoms with E-state index in [4.69, 9.17) is 0 Å². The van der Waals surface area contributed by atoms with Gasteiger partial charge in [-0.15, -0.1) is 0 Å². The Morgan fingerprint density at radius 3 is 2.03 bits per heavy atom. The van der Waals surface area contributed by atoms with Crippen molar-refractivity contribution in [3.63, 3.8) is 0 Å². The summed E-state index contributed by atoms with van der Waals surface area (Å²) in [4.78, 5) is 25.7. The molecular weight excluding hydrogens is 423 g/mol. The van der Waals surface area contributed by atoms with Gasteiger partial charge in [0.1, 0.15) is 5.76 Å². The molecule has 0 heterocycles. The second-order valence-corrected chi connectivity index (χ2v) is 10.5. The molecule has 2 aromatic carbocycles. The van der Waals surface area contributed by atoms with Gasteiger partial charge in [-0.1, -0.05) is 58.0 Å². The van der Waals surface area contributed by atoms with E-state index in [2.05, 4.69) is 39.8 Å². The maximum atomic E-state index is 13.4. The van der Waals surface area contributed by atoms with E-state index in [1.165, 1.54) is 11.1 Å². The van der Waals surface area contributed by atoms with Gasteiger partial charge >= 0.3 is 51.4 Å². The average Bonchev–Trinajstić information content (AvgIpc) is 2.71.